The molecule has 0 saturated heterocycles. The van der Waals surface area contributed by atoms with Crippen molar-refractivity contribution < 1.29 is 9.53 Å². The second-order valence-corrected chi connectivity index (χ2v) is 9.03. The van der Waals surface area contributed by atoms with Gasteiger partial charge in [-0.25, -0.2) is 4.98 Å². The van der Waals surface area contributed by atoms with Gasteiger partial charge in [0.25, 0.3) is 5.91 Å². The van der Waals surface area contributed by atoms with E-state index >= 15 is 0 Å². The Morgan fingerprint density at radius 1 is 1.25 bits per heavy atom. The Morgan fingerprint density at radius 2 is 2.09 bits per heavy atom. The Hall–Kier alpha value is -3.16. The third-order valence-corrected chi connectivity index (χ3v) is 6.32. The molecule has 8 heteroatoms. The number of amides is 1. The summed E-state index contributed by atoms with van der Waals surface area (Å²) < 4.78 is 5.81. The van der Waals surface area contributed by atoms with Crippen molar-refractivity contribution in [3.8, 4) is 5.88 Å². The fraction of sp³-hybridized carbons (Fsp3) is 0.292. The number of halogens is 1. The van der Waals surface area contributed by atoms with E-state index < -0.39 is 0 Å². The normalized spacial score (nSPS) is 16.8. The zero-order valence-corrected chi connectivity index (χ0v) is 19.0. The van der Waals surface area contributed by atoms with Gasteiger partial charge in [0.1, 0.15) is 5.56 Å². The lowest BCUT2D eigenvalue weighted by Gasteiger charge is -2.34. The number of carbonyl (C=O) groups excluding carboxylic acids is 1. The number of nitrogens with one attached hydrogen (secondary N) is 2. The number of para-hydroxylation sites is 1. The topological polar surface area (TPSA) is 79.4 Å². The van der Waals surface area contributed by atoms with E-state index in [2.05, 4.69) is 46.6 Å². The van der Waals surface area contributed by atoms with Gasteiger partial charge in [0.05, 0.1) is 10.7 Å². The number of aromatic nitrogens is 2. The molecule has 2 aliphatic heterocycles. The molecule has 3 aromatic rings. The maximum Gasteiger partial charge on any atom is 0.268 e. The van der Waals surface area contributed by atoms with Gasteiger partial charge >= 0.3 is 0 Å². The standard InChI is InChI=1S/C24H24ClN5O2/c1-14-5-4-6-19(25)20(14)30-13-32-21-17(22(30)31)12-26-23(29-21)28-16-7-8-18-15(11-16)9-10-27-24(18,2)3/h4-8,11-12,27H,9-10,13H2,1-3H3,(H,26,28,29). The van der Waals surface area contributed by atoms with Gasteiger partial charge in [-0.3, -0.25) is 9.69 Å². The van der Waals surface area contributed by atoms with Crippen LogP contribution in [-0.4, -0.2) is 29.2 Å². The smallest absolute Gasteiger partial charge is 0.268 e. The van der Waals surface area contributed by atoms with Crippen molar-refractivity contribution in [1.29, 1.82) is 0 Å². The van der Waals surface area contributed by atoms with Crippen LogP contribution in [0.15, 0.2) is 42.6 Å². The minimum Gasteiger partial charge on any atom is -0.455 e. The summed E-state index contributed by atoms with van der Waals surface area (Å²) in [6.45, 7) is 7.26. The van der Waals surface area contributed by atoms with Gasteiger partial charge in [0, 0.05) is 17.4 Å². The molecular formula is C24H24ClN5O2. The number of anilines is 3. The summed E-state index contributed by atoms with van der Waals surface area (Å²) in [5.41, 5.74) is 5.28. The molecule has 1 amide bonds. The summed E-state index contributed by atoms with van der Waals surface area (Å²) in [7, 11) is 0. The molecule has 0 aliphatic carbocycles. The van der Waals surface area contributed by atoms with E-state index in [1.165, 1.54) is 22.2 Å². The molecule has 1 aromatic heterocycles. The van der Waals surface area contributed by atoms with Crippen LogP contribution < -0.4 is 20.3 Å². The molecule has 0 atom stereocenters. The van der Waals surface area contributed by atoms with Crippen molar-refractivity contribution in [2.75, 3.05) is 23.5 Å². The SMILES string of the molecule is Cc1cccc(Cl)c1N1COc2nc(Nc3ccc4c(c3)CCNC4(C)C)ncc2C1=O. The van der Waals surface area contributed by atoms with Crippen molar-refractivity contribution in [3.05, 3.63) is 69.9 Å². The third-order valence-electron chi connectivity index (χ3n) is 6.01. The van der Waals surface area contributed by atoms with Crippen LogP contribution in [0.1, 0.15) is 40.9 Å². The Kier molecular flexibility index (Phi) is 5.03. The van der Waals surface area contributed by atoms with E-state index in [1.54, 1.807) is 6.07 Å². The van der Waals surface area contributed by atoms with Gasteiger partial charge in [-0.1, -0.05) is 29.8 Å². The van der Waals surface area contributed by atoms with Crippen molar-refractivity contribution >= 4 is 34.8 Å². The average Bonchev–Trinajstić information content (AvgIpc) is 2.75. The van der Waals surface area contributed by atoms with Crippen molar-refractivity contribution in [1.82, 2.24) is 15.3 Å². The predicted octanol–water partition coefficient (Wildman–Crippen LogP) is 4.56. The summed E-state index contributed by atoms with van der Waals surface area (Å²) in [6, 6.07) is 11.8. The highest BCUT2D eigenvalue weighted by molar-refractivity contribution is 6.34. The Bertz CT molecular complexity index is 1210. The fourth-order valence-electron chi connectivity index (χ4n) is 4.37. The molecule has 0 saturated carbocycles. The van der Waals surface area contributed by atoms with Gasteiger partial charge in [-0.05, 0) is 68.6 Å². The second kappa shape index (κ2) is 7.76. The number of ether oxygens (including phenoxy) is 1. The number of hydrogen-bond donors (Lipinski definition) is 2. The van der Waals surface area contributed by atoms with E-state index in [0.29, 0.717) is 22.2 Å². The molecule has 7 nitrogen and oxygen atoms in total. The molecule has 2 aliphatic rings. The van der Waals surface area contributed by atoms with E-state index in [4.69, 9.17) is 16.3 Å². The first kappa shape index (κ1) is 20.7. The zero-order chi connectivity index (χ0) is 22.5. The molecule has 32 heavy (non-hydrogen) atoms. The zero-order valence-electron chi connectivity index (χ0n) is 18.2. The predicted molar refractivity (Wildman–Crippen MR) is 125 cm³/mol. The molecule has 5 rings (SSSR count). The maximum atomic E-state index is 13.1. The highest BCUT2D eigenvalue weighted by atomic mass is 35.5. The first-order valence-corrected chi connectivity index (χ1v) is 10.9. The largest absolute Gasteiger partial charge is 0.455 e. The minimum absolute atomic E-state index is 0.0355. The van der Waals surface area contributed by atoms with Crippen LogP contribution >= 0.6 is 11.6 Å². The quantitative estimate of drug-likeness (QED) is 0.610. The number of hydrogen-bond acceptors (Lipinski definition) is 6. The van der Waals surface area contributed by atoms with E-state index in [9.17, 15) is 4.79 Å². The summed E-state index contributed by atoms with van der Waals surface area (Å²) in [5.74, 6) is 0.404. The van der Waals surface area contributed by atoms with Crippen molar-refractivity contribution in [2.24, 2.45) is 0 Å². The van der Waals surface area contributed by atoms with Gasteiger partial charge in [0.15, 0.2) is 6.73 Å². The molecule has 0 radical (unpaired) electrons. The molecule has 0 unspecified atom stereocenters. The Balaban J connectivity index is 1.40. The van der Waals surface area contributed by atoms with Crippen molar-refractivity contribution in [3.63, 3.8) is 0 Å². The summed E-state index contributed by atoms with van der Waals surface area (Å²) in [4.78, 5) is 23.4. The van der Waals surface area contributed by atoms with Crippen LogP contribution in [0.2, 0.25) is 5.02 Å². The number of nitrogens with zero attached hydrogens (tertiary/aromatic N) is 3. The third kappa shape index (κ3) is 3.57. The molecule has 2 N–H and O–H groups in total. The monoisotopic (exact) mass is 449 g/mol. The molecule has 0 bridgehead atoms. The van der Waals surface area contributed by atoms with Crippen LogP contribution in [0.3, 0.4) is 0 Å². The number of rotatable bonds is 3. The summed E-state index contributed by atoms with van der Waals surface area (Å²) in [5, 5.41) is 7.27. The fourth-order valence-corrected chi connectivity index (χ4v) is 4.69. The van der Waals surface area contributed by atoms with Crippen LogP contribution in [0.25, 0.3) is 0 Å². The molecule has 3 heterocycles. The van der Waals surface area contributed by atoms with Gasteiger partial charge in [-0.15, -0.1) is 0 Å². The molecule has 2 aromatic carbocycles. The molecule has 164 valence electrons. The van der Waals surface area contributed by atoms with E-state index in [-0.39, 0.29) is 24.1 Å². The molecule has 0 fully saturated rings. The van der Waals surface area contributed by atoms with E-state index in [1.807, 2.05) is 25.1 Å². The minimum atomic E-state index is -0.238. The van der Waals surface area contributed by atoms with Gasteiger partial charge in [0.2, 0.25) is 11.8 Å². The maximum absolute atomic E-state index is 13.1. The van der Waals surface area contributed by atoms with Crippen molar-refractivity contribution in [2.45, 2.75) is 32.7 Å². The van der Waals surface area contributed by atoms with Crippen LogP contribution in [0.5, 0.6) is 5.88 Å². The number of fused-ring (bicyclic) bond motifs is 2. The highest BCUT2D eigenvalue weighted by Gasteiger charge is 2.31. The molecule has 0 spiro atoms. The summed E-state index contributed by atoms with van der Waals surface area (Å²) >= 11 is 6.34. The highest BCUT2D eigenvalue weighted by Crippen LogP contribution is 2.35. The average molecular weight is 450 g/mol. The number of carbonyl (C=O) groups is 1. The number of aryl methyl sites for hydroxylation is 1. The molecular weight excluding hydrogens is 426 g/mol. The lowest BCUT2D eigenvalue weighted by molar-refractivity contribution is 0.0932. The second-order valence-electron chi connectivity index (χ2n) is 8.62. The van der Waals surface area contributed by atoms with Crippen LogP contribution in [-0.2, 0) is 12.0 Å². The number of benzene rings is 2. The Morgan fingerprint density at radius 3 is 2.91 bits per heavy atom. The summed E-state index contributed by atoms with van der Waals surface area (Å²) in [6.07, 6.45) is 2.46. The van der Waals surface area contributed by atoms with Gasteiger partial charge < -0.3 is 15.4 Å². The van der Waals surface area contributed by atoms with E-state index in [0.717, 1.165) is 24.2 Å². The van der Waals surface area contributed by atoms with Gasteiger partial charge in [-0.2, -0.15) is 4.98 Å². The lowest BCUT2D eigenvalue weighted by Crippen LogP contribution is -2.42. The van der Waals surface area contributed by atoms with Crippen LogP contribution in [0.4, 0.5) is 17.3 Å². The first-order chi connectivity index (χ1) is 15.3. The Labute approximate surface area is 191 Å². The van der Waals surface area contributed by atoms with Crippen LogP contribution in [0, 0.1) is 6.92 Å². The first-order valence-electron chi connectivity index (χ1n) is 10.6. The lowest BCUT2D eigenvalue weighted by atomic mass is 9.85.